The number of benzene rings is 2. The Morgan fingerprint density at radius 1 is 1.00 bits per heavy atom. The summed E-state index contributed by atoms with van der Waals surface area (Å²) in [5, 5.41) is 1.45. The maximum absolute atomic E-state index is 6.33. The molecule has 0 amide bonds. The summed E-state index contributed by atoms with van der Waals surface area (Å²) >= 11 is 12.7. The van der Waals surface area contributed by atoms with E-state index in [1.807, 2.05) is 68.1 Å². The zero-order valence-electron chi connectivity index (χ0n) is 14.5. The van der Waals surface area contributed by atoms with E-state index in [2.05, 4.69) is 4.98 Å². The van der Waals surface area contributed by atoms with Crippen LogP contribution in [-0.2, 0) is 18.3 Å². The van der Waals surface area contributed by atoms with Crippen LogP contribution in [0.15, 0.2) is 48.9 Å². The lowest BCUT2D eigenvalue weighted by Gasteiger charge is -2.16. The molecule has 0 saturated carbocycles. The minimum absolute atomic E-state index is 0.266. The predicted molar refractivity (Wildman–Crippen MR) is 105 cm³/mol. The SMILES string of the molecule is Cc1ccc(B(OCc2cn(C)cn2)c2ccc(C)c(Cl)c2)cc1Cl. The fraction of sp³-hybridized carbons (Fsp3) is 0.211. The van der Waals surface area contributed by atoms with Gasteiger partial charge in [-0.3, -0.25) is 0 Å². The standard InChI is InChI=1S/C19H19BCl2N2O/c1-13-4-6-15(8-18(13)21)20(16-7-5-14(2)19(22)9-16)25-11-17-10-24(3)12-23-17/h4-10,12H,11H2,1-3H3. The highest BCUT2D eigenvalue weighted by molar-refractivity contribution is 6.80. The van der Waals surface area contributed by atoms with E-state index in [0.29, 0.717) is 6.61 Å². The quantitative estimate of drug-likeness (QED) is 0.639. The smallest absolute Gasteiger partial charge is 0.362 e. The molecule has 0 atom stereocenters. The molecule has 0 aliphatic rings. The van der Waals surface area contributed by atoms with Crippen LogP contribution >= 0.6 is 23.2 Å². The van der Waals surface area contributed by atoms with E-state index in [1.54, 1.807) is 6.33 Å². The molecule has 6 heteroatoms. The minimum atomic E-state index is -0.266. The van der Waals surface area contributed by atoms with Gasteiger partial charge in [-0.05, 0) is 48.0 Å². The molecule has 0 aliphatic carbocycles. The molecule has 1 heterocycles. The number of nitrogens with zero attached hydrogens (tertiary/aromatic N) is 2. The summed E-state index contributed by atoms with van der Waals surface area (Å²) in [6.07, 6.45) is 3.71. The van der Waals surface area contributed by atoms with Crippen LogP contribution in [0.25, 0.3) is 0 Å². The van der Waals surface area contributed by atoms with Gasteiger partial charge in [0.05, 0.1) is 18.6 Å². The van der Waals surface area contributed by atoms with Gasteiger partial charge in [0.15, 0.2) is 0 Å². The molecule has 2 aromatic carbocycles. The molecule has 0 fully saturated rings. The van der Waals surface area contributed by atoms with Crippen LogP contribution in [0.4, 0.5) is 0 Å². The summed E-state index contributed by atoms with van der Waals surface area (Å²) in [4.78, 5) is 4.32. The number of rotatable bonds is 5. The first-order valence-corrected chi connectivity index (χ1v) is 8.80. The topological polar surface area (TPSA) is 27.1 Å². The predicted octanol–water partition coefficient (Wildman–Crippen LogP) is 3.67. The van der Waals surface area contributed by atoms with E-state index < -0.39 is 0 Å². The average molecular weight is 373 g/mol. The zero-order valence-corrected chi connectivity index (χ0v) is 16.0. The van der Waals surface area contributed by atoms with Gasteiger partial charge in [0.1, 0.15) is 0 Å². The fourth-order valence-electron chi connectivity index (χ4n) is 2.64. The highest BCUT2D eigenvalue weighted by Gasteiger charge is 2.23. The first-order chi connectivity index (χ1) is 11.9. The van der Waals surface area contributed by atoms with Gasteiger partial charge in [0.25, 0.3) is 0 Å². The van der Waals surface area contributed by atoms with Crippen molar-refractivity contribution in [2.75, 3.05) is 0 Å². The molecular formula is C19H19BCl2N2O. The number of imidazole rings is 1. The Labute approximate surface area is 158 Å². The number of hydrogen-bond donors (Lipinski definition) is 0. The van der Waals surface area contributed by atoms with Crippen molar-refractivity contribution in [1.29, 1.82) is 0 Å². The van der Waals surface area contributed by atoms with Crippen molar-refractivity contribution in [2.24, 2.45) is 7.05 Å². The zero-order chi connectivity index (χ0) is 18.0. The summed E-state index contributed by atoms with van der Waals surface area (Å²) in [6.45, 7) is 4.11. The van der Waals surface area contributed by atoms with E-state index >= 15 is 0 Å². The van der Waals surface area contributed by atoms with Crippen molar-refractivity contribution in [2.45, 2.75) is 20.5 Å². The van der Waals surface area contributed by atoms with Crippen LogP contribution in [0.1, 0.15) is 16.8 Å². The van der Waals surface area contributed by atoms with Crippen LogP contribution < -0.4 is 10.9 Å². The Morgan fingerprint density at radius 2 is 1.56 bits per heavy atom. The van der Waals surface area contributed by atoms with E-state index in [4.69, 9.17) is 27.9 Å². The molecule has 25 heavy (non-hydrogen) atoms. The first-order valence-electron chi connectivity index (χ1n) is 8.04. The second kappa shape index (κ2) is 7.65. The van der Waals surface area contributed by atoms with Gasteiger partial charge in [-0.2, -0.15) is 0 Å². The highest BCUT2D eigenvalue weighted by Crippen LogP contribution is 2.15. The summed E-state index contributed by atoms with van der Waals surface area (Å²) in [5.74, 6) is 0. The van der Waals surface area contributed by atoms with Gasteiger partial charge < -0.3 is 9.22 Å². The van der Waals surface area contributed by atoms with Gasteiger partial charge >= 0.3 is 6.92 Å². The van der Waals surface area contributed by atoms with Crippen LogP contribution in [0, 0.1) is 13.8 Å². The van der Waals surface area contributed by atoms with Crippen LogP contribution in [0.2, 0.25) is 10.0 Å². The number of hydrogen-bond acceptors (Lipinski definition) is 2. The van der Waals surface area contributed by atoms with E-state index in [-0.39, 0.29) is 6.92 Å². The largest absolute Gasteiger partial charge is 0.421 e. The van der Waals surface area contributed by atoms with Crippen molar-refractivity contribution in [3.63, 3.8) is 0 Å². The Balaban J connectivity index is 1.94. The molecule has 3 rings (SSSR count). The van der Waals surface area contributed by atoms with E-state index in [9.17, 15) is 0 Å². The van der Waals surface area contributed by atoms with Crippen LogP contribution in [0.5, 0.6) is 0 Å². The second-order valence-electron chi connectivity index (χ2n) is 6.24. The van der Waals surface area contributed by atoms with Gasteiger partial charge in [-0.1, -0.05) is 47.5 Å². The number of aromatic nitrogens is 2. The molecule has 1 aromatic heterocycles. The third kappa shape index (κ3) is 4.27. The monoisotopic (exact) mass is 372 g/mol. The van der Waals surface area contributed by atoms with Crippen molar-refractivity contribution in [3.05, 3.63) is 75.8 Å². The lowest BCUT2D eigenvalue weighted by Crippen LogP contribution is -2.45. The lowest BCUT2D eigenvalue weighted by atomic mass is 9.55. The number of halogens is 2. The van der Waals surface area contributed by atoms with Crippen LogP contribution in [-0.4, -0.2) is 16.5 Å². The molecule has 0 saturated heterocycles. The average Bonchev–Trinajstić information content (AvgIpc) is 2.99. The molecule has 3 nitrogen and oxygen atoms in total. The molecule has 0 bridgehead atoms. The summed E-state index contributed by atoms with van der Waals surface area (Å²) < 4.78 is 8.11. The fourth-order valence-corrected chi connectivity index (χ4v) is 3.02. The Kier molecular flexibility index (Phi) is 5.53. The van der Waals surface area contributed by atoms with E-state index in [1.165, 1.54) is 0 Å². The molecule has 0 aliphatic heterocycles. The second-order valence-corrected chi connectivity index (χ2v) is 7.05. The lowest BCUT2D eigenvalue weighted by molar-refractivity contribution is 0.317. The molecule has 128 valence electrons. The highest BCUT2D eigenvalue weighted by atomic mass is 35.5. The minimum Gasteiger partial charge on any atom is -0.421 e. The van der Waals surface area contributed by atoms with Crippen molar-refractivity contribution in [1.82, 2.24) is 9.55 Å². The first kappa shape index (κ1) is 18.1. The van der Waals surface area contributed by atoms with Crippen molar-refractivity contribution < 1.29 is 4.65 Å². The van der Waals surface area contributed by atoms with Gasteiger partial charge in [0, 0.05) is 23.3 Å². The van der Waals surface area contributed by atoms with Gasteiger partial charge in [-0.15, -0.1) is 0 Å². The summed E-state index contributed by atoms with van der Waals surface area (Å²) in [5.41, 5.74) is 4.94. The Morgan fingerprint density at radius 3 is 2.00 bits per heavy atom. The summed E-state index contributed by atoms with van der Waals surface area (Å²) in [6, 6.07) is 12.0. The number of aryl methyl sites for hydroxylation is 3. The van der Waals surface area contributed by atoms with Gasteiger partial charge in [0.2, 0.25) is 0 Å². The molecule has 0 unspecified atom stereocenters. The maximum atomic E-state index is 6.33. The van der Waals surface area contributed by atoms with Crippen LogP contribution in [0.3, 0.4) is 0 Å². The molecule has 3 aromatic rings. The Hall–Kier alpha value is -1.75. The van der Waals surface area contributed by atoms with Crippen molar-refractivity contribution >= 4 is 41.0 Å². The summed E-state index contributed by atoms with van der Waals surface area (Å²) in [7, 11) is 1.94. The van der Waals surface area contributed by atoms with Gasteiger partial charge in [-0.25, -0.2) is 4.98 Å². The normalized spacial score (nSPS) is 10.9. The molecular weight excluding hydrogens is 354 g/mol. The molecule has 0 N–H and O–H groups in total. The molecule has 0 radical (unpaired) electrons. The van der Waals surface area contributed by atoms with Crippen molar-refractivity contribution in [3.8, 4) is 0 Å². The maximum Gasteiger partial charge on any atom is 0.362 e. The third-order valence-corrected chi connectivity index (χ3v) is 4.97. The Bertz CT molecular complexity index is 843. The molecule has 0 spiro atoms. The van der Waals surface area contributed by atoms with E-state index in [0.717, 1.165) is 37.8 Å². The third-order valence-electron chi connectivity index (χ3n) is 4.15.